The molecule has 0 aromatic carbocycles. The lowest BCUT2D eigenvalue weighted by Crippen LogP contribution is -2.21. The summed E-state index contributed by atoms with van der Waals surface area (Å²) in [7, 11) is 0. The number of hydrogen-bond acceptors (Lipinski definition) is 3. The highest BCUT2D eigenvalue weighted by Gasteiger charge is 2.25. The molecule has 0 fully saturated rings. The van der Waals surface area contributed by atoms with E-state index < -0.39 is 0 Å². The second-order valence-corrected chi connectivity index (χ2v) is 6.46. The summed E-state index contributed by atoms with van der Waals surface area (Å²) in [6.45, 7) is 3.14. The maximum absolute atomic E-state index is 6.16. The van der Waals surface area contributed by atoms with Gasteiger partial charge in [0.25, 0.3) is 0 Å². The standard InChI is InChI=1S/C12H14BrN3S/c1-7-4-5-9(17-7)12-15-11(13)10-8(14)3-2-6-16(10)12/h4-5,8H,2-3,6,14H2,1H3. The van der Waals surface area contributed by atoms with Gasteiger partial charge >= 0.3 is 0 Å². The van der Waals surface area contributed by atoms with Crippen molar-refractivity contribution in [3.63, 3.8) is 0 Å². The number of fused-ring (bicyclic) bond motifs is 1. The minimum Gasteiger partial charge on any atom is -0.325 e. The number of aromatic nitrogens is 2. The monoisotopic (exact) mass is 311 g/mol. The number of aryl methyl sites for hydroxylation is 1. The molecule has 0 spiro atoms. The molecular weight excluding hydrogens is 298 g/mol. The van der Waals surface area contributed by atoms with Gasteiger partial charge in [0.15, 0.2) is 5.82 Å². The maximum Gasteiger partial charge on any atom is 0.151 e. The van der Waals surface area contributed by atoms with Crippen LogP contribution in [0.4, 0.5) is 0 Å². The van der Waals surface area contributed by atoms with Crippen molar-refractivity contribution >= 4 is 27.3 Å². The molecule has 0 saturated carbocycles. The molecule has 2 aromatic heterocycles. The summed E-state index contributed by atoms with van der Waals surface area (Å²) in [5.74, 6) is 1.06. The van der Waals surface area contributed by atoms with Crippen LogP contribution in [0.3, 0.4) is 0 Å². The molecule has 0 amide bonds. The summed E-state index contributed by atoms with van der Waals surface area (Å²) in [6.07, 6.45) is 2.18. The van der Waals surface area contributed by atoms with E-state index in [9.17, 15) is 0 Å². The lowest BCUT2D eigenvalue weighted by Gasteiger charge is -2.22. The van der Waals surface area contributed by atoms with E-state index in [1.54, 1.807) is 11.3 Å². The molecule has 2 N–H and O–H groups in total. The van der Waals surface area contributed by atoms with Crippen LogP contribution >= 0.6 is 27.3 Å². The molecule has 0 radical (unpaired) electrons. The third kappa shape index (κ3) is 1.86. The Balaban J connectivity index is 2.16. The van der Waals surface area contributed by atoms with Crippen LogP contribution in [-0.4, -0.2) is 9.55 Å². The smallest absolute Gasteiger partial charge is 0.151 e. The highest BCUT2D eigenvalue weighted by Crippen LogP contribution is 2.36. The fourth-order valence-electron chi connectivity index (χ4n) is 2.36. The van der Waals surface area contributed by atoms with Gasteiger partial charge in [0.2, 0.25) is 0 Å². The number of nitrogens with two attached hydrogens (primary N) is 1. The number of thiophene rings is 1. The van der Waals surface area contributed by atoms with Crippen molar-refractivity contribution < 1.29 is 0 Å². The third-order valence-corrected chi connectivity index (χ3v) is 4.75. The van der Waals surface area contributed by atoms with Gasteiger partial charge in [-0.05, 0) is 47.8 Å². The minimum absolute atomic E-state index is 0.112. The van der Waals surface area contributed by atoms with E-state index in [1.165, 1.54) is 9.75 Å². The van der Waals surface area contributed by atoms with Crippen LogP contribution in [0.25, 0.3) is 10.7 Å². The van der Waals surface area contributed by atoms with Crippen LogP contribution in [-0.2, 0) is 6.54 Å². The van der Waals surface area contributed by atoms with Gasteiger partial charge in [-0.2, -0.15) is 0 Å². The van der Waals surface area contributed by atoms with Gasteiger partial charge in [0.1, 0.15) is 4.60 Å². The predicted octanol–water partition coefficient (Wildman–Crippen LogP) is 3.48. The Morgan fingerprint density at radius 2 is 2.35 bits per heavy atom. The Hall–Kier alpha value is -0.650. The van der Waals surface area contributed by atoms with E-state index in [-0.39, 0.29) is 6.04 Å². The summed E-state index contributed by atoms with van der Waals surface area (Å²) in [6, 6.07) is 4.39. The van der Waals surface area contributed by atoms with Crippen molar-refractivity contribution in [2.75, 3.05) is 0 Å². The molecule has 17 heavy (non-hydrogen) atoms. The van der Waals surface area contributed by atoms with Gasteiger partial charge in [-0.3, -0.25) is 0 Å². The molecule has 1 unspecified atom stereocenters. The van der Waals surface area contributed by atoms with Crippen LogP contribution in [0.2, 0.25) is 0 Å². The summed E-state index contributed by atoms with van der Waals surface area (Å²) in [4.78, 5) is 7.18. The van der Waals surface area contributed by atoms with Crippen molar-refractivity contribution in [3.05, 3.63) is 27.3 Å². The van der Waals surface area contributed by atoms with E-state index in [4.69, 9.17) is 5.73 Å². The first-order chi connectivity index (χ1) is 8.16. The number of nitrogens with zero attached hydrogens (tertiary/aromatic N) is 2. The van der Waals surface area contributed by atoms with E-state index in [0.29, 0.717) is 0 Å². The first kappa shape index (κ1) is 11.4. The molecule has 3 nitrogen and oxygen atoms in total. The van der Waals surface area contributed by atoms with Gasteiger partial charge in [0, 0.05) is 17.5 Å². The van der Waals surface area contributed by atoms with Crippen LogP contribution in [0.15, 0.2) is 16.7 Å². The number of imidazole rings is 1. The maximum atomic E-state index is 6.16. The Kier molecular flexibility index (Phi) is 2.84. The molecule has 0 saturated heterocycles. The van der Waals surface area contributed by atoms with Crippen LogP contribution < -0.4 is 5.73 Å². The van der Waals surface area contributed by atoms with Crippen LogP contribution in [0, 0.1) is 6.92 Å². The molecule has 1 aliphatic rings. The van der Waals surface area contributed by atoms with Gasteiger partial charge in [-0.1, -0.05) is 0 Å². The zero-order valence-corrected chi connectivity index (χ0v) is 12.0. The molecule has 0 bridgehead atoms. The van der Waals surface area contributed by atoms with Crippen molar-refractivity contribution in [2.45, 2.75) is 32.4 Å². The number of hydrogen-bond donors (Lipinski definition) is 1. The topological polar surface area (TPSA) is 43.8 Å². The molecule has 0 aliphatic carbocycles. The van der Waals surface area contributed by atoms with Gasteiger partial charge in [-0.15, -0.1) is 11.3 Å². The quantitative estimate of drug-likeness (QED) is 0.876. The summed E-state index contributed by atoms with van der Waals surface area (Å²) in [5, 5.41) is 0. The molecular formula is C12H14BrN3S. The van der Waals surface area contributed by atoms with E-state index in [2.05, 4.69) is 44.5 Å². The van der Waals surface area contributed by atoms with Crippen molar-refractivity contribution in [2.24, 2.45) is 5.73 Å². The second-order valence-electron chi connectivity index (χ2n) is 4.42. The lowest BCUT2D eigenvalue weighted by molar-refractivity contribution is 0.464. The summed E-state index contributed by atoms with van der Waals surface area (Å²) >= 11 is 5.32. The van der Waals surface area contributed by atoms with Crippen LogP contribution in [0.1, 0.15) is 29.5 Å². The predicted molar refractivity (Wildman–Crippen MR) is 74.1 cm³/mol. The molecule has 3 heterocycles. The minimum atomic E-state index is 0.112. The Bertz CT molecular complexity index is 558. The normalized spacial score (nSPS) is 19.4. The van der Waals surface area contributed by atoms with Crippen molar-refractivity contribution in [1.82, 2.24) is 9.55 Å². The first-order valence-corrected chi connectivity index (χ1v) is 7.36. The van der Waals surface area contributed by atoms with Crippen LogP contribution in [0.5, 0.6) is 0 Å². The van der Waals surface area contributed by atoms with Gasteiger partial charge in [0.05, 0.1) is 10.6 Å². The molecule has 1 aliphatic heterocycles. The molecule has 1 atom stereocenters. The Labute approximate surface area is 113 Å². The second kappa shape index (κ2) is 4.23. The van der Waals surface area contributed by atoms with Gasteiger partial charge in [-0.25, -0.2) is 4.98 Å². The molecule has 5 heteroatoms. The largest absolute Gasteiger partial charge is 0.325 e. The number of rotatable bonds is 1. The fraction of sp³-hybridized carbons (Fsp3) is 0.417. The average molecular weight is 312 g/mol. The number of halogens is 1. The zero-order valence-electron chi connectivity index (χ0n) is 9.61. The highest BCUT2D eigenvalue weighted by atomic mass is 79.9. The third-order valence-electron chi connectivity index (χ3n) is 3.17. The van der Waals surface area contributed by atoms with Crippen molar-refractivity contribution in [3.8, 4) is 10.7 Å². The van der Waals surface area contributed by atoms with E-state index >= 15 is 0 Å². The van der Waals surface area contributed by atoms with Gasteiger partial charge < -0.3 is 10.3 Å². The van der Waals surface area contributed by atoms with E-state index in [0.717, 1.165) is 35.5 Å². The average Bonchev–Trinajstić information content (AvgIpc) is 2.84. The first-order valence-electron chi connectivity index (χ1n) is 5.75. The zero-order chi connectivity index (χ0) is 12.0. The lowest BCUT2D eigenvalue weighted by atomic mass is 10.1. The Morgan fingerprint density at radius 3 is 3.06 bits per heavy atom. The van der Waals surface area contributed by atoms with E-state index in [1.807, 2.05) is 0 Å². The summed E-state index contributed by atoms with van der Waals surface area (Å²) in [5.41, 5.74) is 7.31. The van der Waals surface area contributed by atoms with Crippen molar-refractivity contribution in [1.29, 1.82) is 0 Å². The SMILES string of the molecule is Cc1ccc(-c2nc(Br)c3n2CCCC3N)s1. The Morgan fingerprint density at radius 1 is 1.53 bits per heavy atom. The molecule has 3 rings (SSSR count). The molecule has 2 aromatic rings. The fourth-order valence-corrected chi connectivity index (χ4v) is 3.91. The molecule has 90 valence electrons. The summed E-state index contributed by atoms with van der Waals surface area (Å²) < 4.78 is 3.18. The highest BCUT2D eigenvalue weighted by molar-refractivity contribution is 9.10.